The molecule has 0 aliphatic carbocycles. The normalized spacial score (nSPS) is 10.9. The predicted molar refractivity (Wildman–Crippen MR) is 107 cm³/mol. The van der Waals surface area contributed by atoms with Gasteiger partial charge >= 0.3 is 0 Å². The van der Waals surface area contributed by atoms with Gasteiger partial charge in [-0.1, -0.05) is 12.1 Å². The van der Waals surface area contributed by atoms with Crippen LogP contribution in [0.15, 0.2) is 24.3 Å². The summed E-state index contributed by atoms with van der Waals surface area (Å²) in [6, 6.07) is 8.03. The van der Waals surface area contributed by atoms with Crippen molar-refractivity contribution in [1.29, 1.82) is 0 Å². The Morgan fingerprint density at radius 3 is 2.73 bits per heavy atom. The molecule has 2 aromatic heterocycles. The van der Waals surface area contributed by atoms with Crippen molar-refractivity contribution in [3.05, 3.63) is 41.2 Å². The molecule has 0 unspecified atom stereocenters. The molecule has 1 amide bonds. The first kappa shape index (κ1) is 20.1. The molecule has 0 atom stereocenters. The summed E-state index contributed by atoms with van der Waals surface area (Å²) in [7, 11) is 3.74. The average Bonchev–Trinajstić information content (AvgIpc) is 2.98. The highest BCUT2D eigenvalue weighted by molar-refractivity contribution is 5.92. The number of benzene rings is 1. The van der Waals surface area contributed by atoms with Gasteiger partial charge in [-0.15, -0.1) is 12.4 Å². The van der Waals surface area contributed by atoms with E-state index in [2.05, 4.69) is 17.3 Å². The van der Waals surface area contributed by atoms with Crippen LogP contribution in [0.25, 0.3) is 16.6 Å². The van der Waals surface area contributed by atoms with E-state index >= 15 is 0 Å². The van der Waals surface area contributed by atoms with Gasteiger partial charge in [0.05, 0.1) is 5.52 Å². The second-order valence-electron chi connectivity index (χ2n) is 6.43. The summed E-state index contributed by atoms with van der Waals surface area (Å²) in [5, 5.41) is 8.79. The SMILES string of the molecule is CNCCN(C)C(=O)CCc1c(C)nc2c3ccccc3nn2c1C.Cl. The van der Waals surface area contributed by atoms with Crippen LogP contribution in [0.4, 0.5) is 0 Å². The van der Waals surface area contributed by atoms with Crippen LogP contribution in [0.5, 0.6) is 0 Å². The maximum atomic E-state index is 12.3. The molecule has 0 bridgehead atoms. The summed E-state index contributed by atoms with van der Waals surface area (Å²) < 4.78 is 1.90. The van der Waals surface area contributed by atoms with Crippen LogP contribution in [0.2, 0.25) is 0 Å². The zero-order valence-electron chi connectivity index (χ0n) is 15.7. The molecule has 1 N–H and O–H groups in total. The molecule has 26 heavy (non-hydrogen) atoms. The maximum Gasteiger partial charge on any atom is 0.222 e. The number of nitrogens with zero attached hydrogens (tertiary/aromatic N) is 4. The van der Waals surface area contributed by atoms with Gasteiger partial charge in [-0.3, -0.25) is 4.79 Å². The zero-order chi connectivity index (χ0) is 18.0. The number of fused-ring (bicyclic) bond motifs is 3. The highest BCUT2D eigenvalue weighted by Crippen LogP contribution is 2.23. The summed E-state index contributed by atoms with van der Waals surface area (Å²) in [6.45, 7) is 5.58. The van der Waals surface area contributed by atoms with Crippen molar-refractivity contribution in [2.75, 3.05) is 27.2 Å². The summed E-state index contributed by atoms with van der Waals surface area (Å²) in [5.41, 5.74) is 4.96. The Kier molecular flexibility index (Phi) is 6.56. The number of rotatable bonds is 6. The van der Waals surface area contributed by atoms with E-state index in [1.54, 1.807) is 4.90 Å². The Hall–Kier alpha value is -2.18. The summed E-state index contributed by atoms with van der Waals surface area (Å²) >= 11 is 0. The third-order valence-electron chi connectivity index (χ3n) is 4.73. The molecule has 0 radical (unpaired) electrons. The van der Waals surface area contributed by atoms with Crippen LogP contribution in [-0.4, -0.2) is 52.6 Å². The van der Waals surface area contributed by atoms with Crippen LogP contribution < -0.4 is 5.32 Å². The number of hydrogen-bond donors (Lipinski definition) is 1. The van der Waals surface area contributed by atoms with Crippen molar-refractivity contribution in [1.82, 2.24) is 24.8 Å². The minimum atomic E-state index is 0. The first-order valence-electron chi connectivity index (χ1n) is 8.65. The number of amides is 1. The van der Waals surface area contributed by atoms with Gasteiger partial charge in [0.2, 0.25) is 5.91 Å². The Balaban J connectivity index is 0.00000243. The predicted octanol–water partition coefficient (Wildman–Crippen LogP) is 2.53. The van der Waals surface area contributed by atoms with Gasteiger partial charge in [-0.05, 0) is 45.0 Å². The molecule has 140 valence electrons. The van der Waals surface area contributed by atoms with Gasteiger partial charge in [0.1, 0.15) is 0 Å². The van der Waals surface area contributed by atoms with Gasteiger partial charge in [-0.2, -0.15) is 5.10 Å². The Morgan fingerprint density at radius 1 is 1.27 bits per heavy atom. The Labute approximate surface area is 160 Å². The van der Waals surface area contributed by atoms with Crippen molar-refractivity contribution in [2.24, 2.45) is 0 Å². The molecule has 2 heterocycles. The van der Waals surface area contributed by atoms with E-state index in [9.17, 15) is 4.79 Å². The lowest BCUT2D eigenvalue weighted by Crippen LogP contribution is -2.33. The first-order valence-corrected chi connectivity index (χ1v) is 8.65. The maximum absolute atomic E-state index is 12.3. The lowest BCUT2D eigenvalue weighted by atomic mass is 10.1. The number of likely N-dealkylation sites (N-methyl/N-ethyl adjacent to an activating group) is 2. The van der Waals surface area contributed by atoms with Crippen molar-refractivity contribution >= 4 is 34.9 Å². The van der Waals surface area contributed by atoms with Crippen molar-refractivity contribution < 1.29 is 4.79 Å². The molecule has 1 aromatic carbocycles. The fourth-order valence-electron chi connectivity index (χ4n) is 3.17. The molecule has 6 nitrogen and oxygen atoms in total. The molecule has 0 spiro atoms. The van der Waals surface area contributed by atoms with Crippen LogP contribution >= 0.6 is 12.4 Å². The minimum absolute atomic E-state index is 0. The second-order valence-corrected chi connectivity index (χ2v) is 6.43. The van der Waals surface area contributed by atoms with Crippen LogP contribution in [0, 0.1) is 13.8 Å². The summed E-state index contributed by atoms with van der Waals surface area (Å²) in [4.78, 5) is 18.8. The van der Waals surface area contributed by atoms with Crippen molar-refractivity contribution in [2.45, 2.75) is 26.7 Å². The Bertz CT molecular complexity index is 921. The zero-order valence-corrected chi connectivity index (χ0v) is 16.6. The number of carbonyl (C=O) groups excluding carboxylic acids is 1. The molecule has 7 heteroatoms. The van der Waals surface area contributed by atoms with Gasteiger partial charge in [0, 0.05) is 43.3 Å². The quantitative estimate of drug-likeness (QED) is 0.719. The van der Waals surface area contributed by atoms with Gasteiger partial charge in [0.25, 0.3) is 0 Å². The number of halogens is 1. The van der Waals surface area contributed by atoms with E-state index in [-0.39, 0.29) is 18.3 Å². The van der Waals surface area contributed by atoms with E-state index in [0.717, 1.165) is 46.6 Å². The standard InChI is InChI=1S/C19H25N5O.ClH/c1-13-15(9-10-18(25)23(4)12-11-20-3)14(2)24-19(21-13)16-7-5-6-8-17(16)22-24;/h5-8,20H,9-12H2,1-4H3;1H. The van der Waals surface area contributed by atoms with Gasteiger partial charge in [-0.25, -0.2) is 9.50 Å². The lowest BCUT2D eigenvalue weighted by Gasteiger charge is -2.17. The van der Waals surface area contributed by atoms with Crippen molar-refractivity contribution in [3.63, 3.8) is 0 Å². The van der Waals surface area contributed by atoms with Crippen LogP contribution in [0.1, 0.15) is 23.4 Å². The molecule has 3 aromatic rings. The fraction of sp³-hybridized carbons (Fsp3) is 0.421. The second kappa shape index (κ2) is 8.47. The van der Waals surface area contributed by atoms with E-state index in [0.29, 0.717) is 12.8 Å². The molecule has 0 saturated heterocycles. The molecule has 3 rings (SSSR count). The molecular formula is C19H26ClN5O. The van der Waals surface area contributed by atoms with Crippen molar-refractivity contribution in [3.8, 4) is 0 Å². The Morgan fingerprint density at radius 2 is 2.00 bits per heavy atom. The number of carbonyl (C=O) groups is 1. The molecular weight excluding hydrogens is 350 g/mol. The van der Waals surface area contributed by atoms with E-state index < -0.39 is 0 Å². The van der Waals surface area contributed by atoms with Gasteiger partial charge < -0.3 is 10.2 Å². The molecule has 0 saturated carbocycles. The minimum Gasteiger partial charge on any atom is -0.344 e. The monoisotopic (exact) mass is 375 g/mol. The summed E-state index contributed by atoms with van der Waals surface area (Å²) in [6.07, 6.45) is 1.16. The number of nitrogens with one attached hydrogen (secondary N) is 1. The number of hydrogen-bond acceptors (Lipinski definition) is 4. The van der Waals surface area contributed by atoms with E-state index in [4.69, 9.17) is 4.98 Å². The van der Waals surface area contributed by atoms with Gasteiger partial charge in [0.15, 0.2) is 5.65 Å². The largest absolute Gasteiger partial charge is 0.344 e. The average molecular weight is 376 g/mol. The van der Waals surface area contributed by atoms with Crippen LogP contribution in [0.3, 0.4) is 0 Å². The fourth-order valence-corrected chi connectivity index (χ4v) is 3.17. The molecule has 0 aliphatic heterocycles. The lowest BCUT2D eigenvalue weighted by molar-refractivity contribution is -0.129. The van der Waals surface area contributed by atoms with E-state index in [1.807, 2.05) is 49.8 Å². The molecule has 0 aliphatic rings. The third kappa shape index (κ3) is 3.81. The highest BCUT2D eigenvalue weighted by atomic mass is 35.5. The van der Waals surface area contributed by atoms with Crippen LogP contribution in [-0.2, 0) is 11.2 Å². The highest BCUT2D eigenvalue weighted by Gasteiger charge is 2.16. The number of aryl methyl sites for hydroxylation is 2. The number of aromatic nitrogens is 3. The topological polar surface area (TPSA) is 62.5 Å². The first-order chi connectivity index (χ1) is 12.0. The smallest absolute Gasteiger partial charge is 0.222 e. The molecule has 0 fully saturated rings. The third-order valence-corrected chi connectivity index (χ3v) is 4.73. The summed E-state index contributed by atoms with van der Waals surface area (Å²) in [5.74, 6) is 0.153. The van der Waals surface area contributed by atoms with E-state index in [1.165, 1.54) is 0 Å².